The van der Waals surface area contributed by atoms with Gasteiger partial charge in [0.15, 0.2) is 41.7 Å². The number of primary amides is 1. The molecule has 8 aliphatic rings. The quantitative estimate of drug-likeness (QED) is 0.0451. The van der Waals surface area contributed by atoms with E-state index in [1.54, 1.807) is 12.1 Å². The van der Waals surface area contributed by atoms with Crippen molar-refractivity contribution in [2.24, 2.45) is 23.3 Å². The van der Waals surface area contributed by atoms with Crippen LogP contribution >= 0.6 is 34.5 Å². The highest BCUT2D eigenvalue weighted by Gasteiger charge is 2.53. The first-order valence-corrected chi connectivity index (χ1v) is 41.8. The van der Waals surface area contributed by atoms with Gasteiger partial charge >= 0.3 is 5.97 Å². The Morgan fingerprint density at radius 1 is 0.698 bits per heavy atom. The first-order valence-electron chi connectivity index (χ1n) is 40.2. The number of benzene rings is 6. The van der Waals surface area contributed by atoms with Crippen molar-refractivity contribution in [1.82, 2.24) is 26.6 Å². The van der Waals surface area contributed by atoms with Gasteiger partial charge in [-0.2, -0.15) is 0 Å². The van der Waals surface area contributed by atoms with E-state index in [9.17, 15) is 80.1 Å². The zero-order chi connectivity index (χ0) is 90.2. The molecule has 2 unspecified atom stereocenters. The van der Waals surface area contributed by atoms with Gasteiger partial charge in [0.2, 0.25) is 41.6 Å². The Morgan fingerprint density at radius 3 is 1.98 bits per heavy atom. The highest BCUT2D eigenvalue weighted by Crippen LogP contribution is 2.51. The molecule has 3 fully saturated rings. The highest BCUT2D eigenvalue weighted by atomic mass is 35.5. The topological polar surface area (TPSA) is 565 Å². The van der Waals surface area contributed by atoms with E-state index in [0.717, 1.165) is 69.9 Å². The third-order valence-electron chi connectivity index (χ3n) is 23.0. The maximum absolute atomic E-state index is 16.6. The van der Waals surface area contributed by atoms with Crippen molar-refractivity contribution in [3.05, 3.63) is 164 Å². The Balaban J connectivity index is 0.0000144. The second-order valence-corrected chi connectivity index (χ2v) is 34.6. The maximum atomic E-state index is 16.6. The largest absolute Gasteiger partial charge is 0.508 e. The van der Waals surface area contributed by atoms with Crippen molar-refractivity contribution in [3.8, 4) is 67.6 Å². The highest BCUT2D eigenvalue weighted by molar-refractivity contribution is 7.15. The molecule has 0 radical (unpaired) electrons. The summed E-state index contributed by atoms with van der Waals surface area (Å²) in [7, 11) is 1.48. The summed E-state index contributed by atoms with van der Waals surface area (Å²) in [4.78, 5) is 123. The van der Waals surface area contributed by atoms with Gasteiger partial charge in [0.25, 0.3) is 0 Å². The third-order valence-corrected chi connectivity index (χ3v) is 24.8. The number of carboxylic acids is 1. The van der Waals surface area contributed by atoms with E-state index in [0.29, 0.717) is 12.8 Å². The first-order chi connectivity index (χ1) is 59.3. The molecule has 3 saturated heterocycles. The lowest BCUT2D eigenvalue weighted by atomic mass is 9.84. The summed E-state index contributed by atoms with van der Waals surface area (Å²) < 4.78 is 65.2. The van der Waals surface area contributed by atoms with E-state index in [1.165, 1.54) is 68.6 Å². The van der Waals surface area contributed by atoms with E-state index in [2.05, 4.69) is 26.6 Å². The normalized spacial score (nSPS) is 29.7. The molecule has 126 heavy (non-hydrogen) atoms. The van der Waals surface area contributed by atoms with Gasteiger partial charge in [0, 0.05) is 63.7 Å². The van der Waals surface area contributed by atoms with Crippen LogP contribution in [-0.2, 0) is 68.5 Å². The molecule has 0 saturated carbocycles. The number of hydrogen-bond donors (Lipinski definition) is 19. The summed E-state index contributed by atoms with van der Waals surface area (Å²) >= 11 is 16.0. The van der Waals surface area contributed by atoms with Crippen LogP contribution in [0.4, 0.5) is 4.39 Å². The average molecular weight is 1810 g/mol. The van der Waals surface area contributed by atoms with Gasteiger partial charge in [-0.3, -0.25) is 33.6 Å². The zero-order valence-electron chi connectivity index (χ0n) is 67.7. The number of carboxylic acid groups (broad SMARTS) is 1. The number of carbonyl (C=O) groups excluding carboxylic acids is 7. The Bertz CT molecular complexity index is 5220. The van der Waals surface area contributed by atoms with Gasteiger partial charge in [-0.15, -0.1) is 11.3 Å². The number of rotatable bonds is 20. The molecule has 0 aliphatic carbocycles. The van der Waals surface area contributed by atoms with Crippen LogP contribution in [0.1, 0.15) is 143 Å². The Kier molecular flexibility index (Phi) is 29.9. The number of aliphatic hydroxyl groups excluding tert-OH is 8. The zero-order valence-corrected chi connectivity index (χ0v) is 70.0. The fourth-order valence-electron chi connectivity index (χ4n) is 16.3. The van der Waals surface area contributed by atoms with Gasteiger partial charge in [0.05, 0.1) is 52.8 Å². The van der Waals surface area contributed by atoms with Gasteiger partial charge in [-0.1, -0.05) is 74.8 Å². The number of ether oxygens (including phenoxy) is 8. The number of amides is 5. The van der Waals surface area contributed by atoms with Gasteiger partial charge in [-0.05, 0) is 159 Å². The van der Waals surface area contributed by atoms with Crippen molar-refractivity contribution in [2.75, 3.05) is 13.7 Å². The van der Waals surface area contributed by atoms with Crippen molar-refractivity contribution in [3.63, 3.8) is 0 Å². The minimum atomic E-state index is -2.34. The molecule has 15 rings (SSSR count). The molecule has 39 heteroatoms. The van der Waals surface area contributed by atoms with E-state index in [4.69, 9.17) is 72.6 Å². The van der Waals surface area contributed by atoms with Crippen LogP contribution in [0, 0.1) is 17.7 Å². The molecular weight excluding hydrogens is 1710 g/mol. The standard InChI is InChI=1S/C86H96Cl2FN7O28S.CH4/c1-34(2)21-50(92-5)81(113)95-67-53(101)25-41(28-62(90)103)79(111)93-65-40-26-58(118-55-18-12-38(69(67)104)23-48(55)87)76(123-85-74(109)72(107)77(60(33-97)121-85)124-84-73(108)71(106)70(105)57(120-84)8-6-7-44-16-20-61(125-44)36-9-14-42(89)15-10-36)59(27-40)119-56-19-13-39(24-49(56)88)75(122-63-32-86(4,91)78(110)35(3)117-63)68-82(114)94-66(83(115)116)47-29-43(98)30-52(100)64(47)46-22-37(11-17-51(46)99)45(31-54(65)102)80(112)96-68;/h9-20,22-24,26-27,29-30,34-35,41,45,50,57,60,63,65-75,77-78,84-85,92,97-100,104-110H,6-8,21,25,28,31-33,91H2,1-5H3,(H2,90,103)(H,93,111)(H,94,114)(H,95,113)(H,96,112)(H,115,116);1H4/t35-,41+,45-,50+,57+,60+,63?,65+,66-,67?,68-,69+,70-,71-,72+,73+,74+,75+,77+,78-,84-,85-,86-;/m0./s1. The smallest absolute Gasteiger partial charge is 0.330 e. The number of aromatic hydroxyl groups is 3. The number of fused-ring (bicyclic) bond motifs is 15. The third kappa shape index (κ3) is 20.7. The summed E-state index contributed by atoms with van der Waals surface area (Å²) in [5.41, 5.74) is 9.24. The number of aliphatic hydroxyl groups is 8. The minimum Gasteiger partial charge on any atom is -0.508 e. The van der Waals surface area contributed by atoms with Crippen LogP contribution < -0.4 is 52.3 Å². The summed E-state index contributed by atoms with van der Waals surface area (Å²) in [5, 5.41) is 152. The van der Waals surface area contributed by atoms with Crippen LogP contribution in [0.15, 0.2) is 115 Å². The number of halogens is 3. The lowest BCUT2D eigenvalue weighted by Gasteiger charge is -2.46. The summed E-state index contributed by atoms with van der Waals surface area (Å²) in [6.07, 6.45) is -29.8. The van der Waals surface area contributed by atoms with E-state index in [-0.39, 0.29) is 60.1 Å². The number of ketones is 2. The number of carbonyl (C=O) groups is 8. The first kappa shape index (κ1) is 95.0. The van der Waals surface area contributed by atoms with Crippen molar-refractivity contribution in [1.29, 1.82) is 0 Å². The molecule has 8 aliphatic heterocycles. The molecule has 9 heterocycles. The fraction of sp³-hybridized carbons (Fsp3) is 0.448. The van der Waals surface area contributed by atoms with Crippen LogP contribution in [-0.4, -0.2) is 226 Å². The van der Waals surface area contributed by atoms with Gasteiger partial charge < -0.3 is 137 Å². The number of Topliss-reactive ketones (excluding diaryl/α,β-unsaturated/α-hetero) is 2. The molecule has 7 aromatic rings. The Labute approximate surface area is 734 Å². The number of nitrogens with one attached hydrogen (secondary N) is 5. The number of likely N-dealkylation sites (N-methyl/N-ethyl adjacent to an activating group) is 1. The summed E-state index contributed by atoms with van der Waals surface area (Å²) in [6.45, 7) is 5.49. The molecule has 678 valence electrons. The number of phenols is 3. The molecule has 5 amide bonds. The molecule has 11 bridgehead atoms. The van der Waals surface area contributed by atoms with Crippen LogP contribution in [0.5, 0.6) is 46.0 Å². The second kappa shape index (κ2) is 39.6. The Morgan fingerprint density at radius 2 is 1.35 bits per heavy atom. The Hall–Kier alpha value is -10.1. The number of nitrogens with two attached hydrogens (primary N) is 2. The molecule has 0 spiro atoms. The number of hydrogen-bond acceptors (Lipinski definition) is 30. The van der Waals surface area contributed by atoms with E-state index >= 15 is 24.0 Å². The molecule has 21 N–H and O–H groups in total. The fourth-order valence-corrected chi connectivity index (χ4v) is 17.9. The summed E-state index contributed by atoms with van der Waals surface area (Å²) in [5.74, 6) is -19.8. The minimum absolute atomic E-state index is 0. The number of phenolic OH excluding ortho intramolecular Hbond substituents is 3. The van der Waals surface area contributed by atoms with Crippen LogP contribution in [0.25, 0.3) is 21.6 Å². The van der Waals surface area contributed by atoms with Crippen LogP contribution in [0.2, 0.25) is 10.0 Å². The predicted octanol–water partition coefficient (Wildman–Crippen LogP) is 5.44. The van der Waals surface area contributed by atoms with Gasteiger partial charge in [-0.25, -0.2) is 9.18 Å². The lowest BCUT2D eigenvalue weighted by molar-refractivity contribution is -0.351. The van der Waals surface area contributed by atoms with Crippen molar-refractivity contribution < 1.29 is 142 Å². The van der Waals surface area contributed by atoms with Gasteiger partial charge in [0.1, 0.15) is 108 Å². The predicted molar refractivity (Wildman–Crippen MR) is 447 cm³/mol. The second-order valence-electron chi connectivity index (χ2n) is 32.6. The lowest BCUT2D eigenvalue weighted by Crippen LogP contribution is -2.64. The maximum Gasteiger partial charge on any atom is 0.330 e. The monoisotopic (exact) mass is 1810 g/mol. The van der Waals surface area contributed by atoms with E-state index < -0.39 is 286 Å². The molecule has 35 nitrogen and oxygen atoms in total. The summed E-state index contributed by atoms with van der Waals surface area (Å²) in [6, 6.07) is 14.1. The molecule has 23 atom stereocenters. The number of aliphatic carboxylic acids is 1. The van der Waals surface area contributed by atoms with Crippen molar-refractivity contribution >= 4 is 81.6 Å². The van der Waals surface area contributed by atoms with Crippen molar-refractivity contribution in [2.45, 2.75) is 220 Å². The number of thiophene rings is 1. The number of aryl methyl sites for hydroxylation is 1. The molecule has 6 aromatic carbocycles. The van der Waals surface area contributed by atoms with E-state index in [1.807, 2.05) is 26.0 Å². The average Bonchev–Trinajstić information content (AvgIpc) is 0.814. The molecule has 1 aromatic heterocycles. The molecular formula is C87H100Cl2FN7O28S. The SMILES string of the molecule is C.CN[C@H](CC(C)C)C(=O)NC1C(=O)C[C@H](CC(N)=O)C(=O)N[C@H]2C(=O)C[C@@H]3C(=O)N[C@H](C(=O)N[C@H](C(=O)O)c4cc(O)cc(O)c4-c4cc3ccc4O)[C@H](OC3C[C@](C)(N)[C@@H](O)[C@H](C)O3)c3ccc(c(Cl)c3)Oc3cc2cc(c3O[C@@H]2O[C@H](CO)[C@@H](O[C@@H]3O[C@H](CCCc4ccc(-c5ccc(F)cc5)s4)[C@H](O)[C@H](O)[C@H]3O)[C@H](O)[C@H]2O)Oc2ccc(cc2Cl)[C@H]1O. The van der Waals surface area contributed by atoms with Crippen LogP contribution in [0.3, 0.4) is 0 Å².